The summed E-state index contributed by atoms with van der Waals surface area (Å²) in [7, 11) is 5.91. The molecule has 1 unspecified atom stereocenters. The van der Waals surface area contributed by atoms with Gasteiger partial charge in [0.25, 0.3) is 5.91 Å². The molecule has 1 atom stereocenters. The Kier molecular flexibility index (Phi) is 9.13. The second-order valence-electron chi connectivity index (χ2n) is 8.29. The Hall–Kier alpha value is -2.16. The van der Waals surface area contributed by atoms with Crippen molar-refractivity contribution in [2.45, 2.75) is 38.5 Å². The van der Waals surface area contributed by atoms with Crippen LogP contribution < -0.4 is 10.8 Å². The third-order valence-corrected chi connectivity index (χ3v) is 5.53. The lowest BCUT2D eigenvalue weighted by Gasteiger charge is -2.19. The zero-order chi connectivity index (χ0) is 25.8. The highest BCUT2D eigenvalue weighted by molar-refractivity contribution is 6.48. The highest BCUT2D eigenvalue weighted by Gasteiger charge is 2.39. The summed E-state index contributed by atoms with van der Waals surface area (Å²) < 4.78 is 46.2. The van der Waals surface area contributed by atoms with Crippen LogP contribution >= 0.6 is 34.8 Å². The van der Waals surface area contributed by atoms with Gasteiger partial charge in [-0.2, -0.15) is 13.2 Å². The predicted octanol–water partition coefficient (Wildman–Crippen LogP) is 5.87. The molecule has 0 saturated carbocycles. The molecule has 0 aliphatic carbocycles. The van der Waals surface area contributed by atoms with Crippen LogP contribution in [0, 0.1) is 0 Å². The van der Waals surface area contributed by atoms with Gasteiger partial charge >= 0.3 is 12.1 Å². The Bertz CT molecular complexity index is 1090. The van der Waals surface area contributed by atoms with Gasteiger partial charge in [-0.3, -0.25) is 9.59 Å². The maximum atomic E-state index is 13.7. The van der Waals surface area contributed by atoms with E-state index in [1.807, 2.05) is 0 Å². The largest absolute Gasteiger partial charge is 0.459 e. The van der Waals surface area contributed by atoms with Crippen molar-refractivity contribution in [3.05, 3.63) is 68.2 Å². The predicted molar refractivity (Wildman–Crippen MR) is 129 cm³/mol. The first-order valence-electron chi connectivity index (χ1n) is 9.87. The quantitative estimate of drug-likeness (QED) is 0.288. The first-order chi connectivity index (χ1) is 15.6. The van der Waals surface area contributed by atoms with Gasteiger partial charge in [-0.1, -0.05) is 64.6 Å². The van der Waals surface area contributed by atoms with Crippen molar-refractivity contribution in [2.75, 3.05) is 6.54 Å². The van der Waals surface area contributed by atoms with E-state index in [2.05, 4.69) is 5.32 Å². The van der Waals surface area contributed by atoms with E-state index in [-0.39, 0.29) is 38.2 Å². The zero-order valence-electron chi connectivity index (χ0n) is 18.4. The Morgan fingerprint density at radius 1 is 1.09 bits per heavy atom. The summed E-state index contributed by atoms with van der Waals surface area (Å²) in [6, 6.07) is 6.31. The van der Waals surface area contributed by atoms with Crippen LogP contribution in [-0.2, 0) is 9.53 Å². The van der Waals surface area contributed by atoms with E-state index >= 15 is 0 Å². The summed E-state index contributed by atoms with van der Waals surface area (Å²) >= 11 is 17.6. The second-order valence-corrected chi connectivity index (χ2v) is 9.49. The number of benzene rings is 2. The number of carbonyl (C=O) groups is 2. The van der Waals surface area contributed by atoms with E-state index in [1.165, 1.54) is 24.3 Å². The minimum Gasteiger partial charge on any atom is -0.459 e. The summed E-state index contributed by atoms with van der Waals surface area (Å²) in [5, 5.41) is 2.16. The Morgan fingerprint density at radius 3 is 2.18 bits per heavy atom. The minimum atomic E-state index is -4.63. The van der Waals surface area contributed by atoms with Crippen LogP contribution in [0.3, 0.4) is 0 Å². The number of rotatable bonds is 6. The van der Waals surface area contributed by atoms with Gasteiger partial charge in [0.1, 0.15) is 20.0 Å². The molecule has 1 N–H and O–H groups in total. The van der Waals surface area contributed by atoms with Crippen LogP contribution in [0.1, 0.15) is 48.2 Å². The number of halogens is 6. The fourth-order valence-electron chi connectivity index (χ4n) is 2.89. The van der Waals surface area contributed by atoms with Crippen LogP contribution in [0.4, 0.5) is 13.2 Å². The molecule has 0 spiro atoms. The van der Waals surface area contributed by atoms with Gasteiger partial charge in [0, 0.05) is 5.56 Å². The fraction of sp³-hybridized carbons (Fsp3) is 0.304. The van der Waals surface area contributed by atoms with Crippen molar-refractivity contribution in [1.29, 1.82) is 0 Å². The number of hydrogen-bond acceptors (Lipinski definition) is 3. The molecule has 2 radical (unpaired) electrons. The maximum Gasteiger partial charge on any atom is 0.399 e. The monoisotopic (exact) mass is 531 g/mol. The lowest BCUT2D eigenvalue weighted by atomic mass is 9.88. The van der Waals surface area contributed by atoms with Gasteiger partial charge in [-0.05, 0) is 50.1 Å². The number of amides is 1. The van der Waals surface area contributed by atoms with E-state index < -0.39 is 29.6 Å². The molecule has 0 fully saturated rings. The van der Waals surface area contributed by atoms with Crippen molar-refractivity contribution in [3.8, 4) is 0 Å². The smallest absolute Gasteiger partial charge is 0.399 e. The molecule has 180 valence electrons. The molecule has 11 heteroatoms. The van der Waals surface area contributed by atoms with E-state index in [0.717, 1.165) is 18.2 Å². The number of allylic oxidation sites excluding steroid dienone is 1. The van der Waals surface area contributed by atoms with Crippen molar-refractivity contribution in [2.24, 2.45) is 0 Å². The average molecular weight is 533 g/mol. The summed E-state index contributed by atoms with van der Waals surface area (Å²) in [5.41, 5.74) is -0.489. The number of carbonyl (C=O) groups excluding carboxylic acids is 2. The van der Waals surface area contributed by atoms with E-state index in [4.69, 9.17) is 47.4 Å². The first-order valence-corrected chi connectivity index (χ1v) is 11.0. The molecule has 0 saturated heterocycles. The molecule has 34 heavy (non-hydrogen) atoms. The van der Waals surface area contributed by atoms with Gasteiger partial charge in [0.15, 0.2) is 0 Å². The molecule has 0 aliphatic rings. The van der Waals surface area contributed by atoms with Crippen molar-refractivity contribution >= 4 is 66.1 Å². The number of esters is 1. The molecule has 1 amide bonds. The molecule has 2 aromatic rings. The molecular formula is C23H20BCl3F3NO3. The van der Waals surface area contributed by atoms with Crippen LogP contribution in [0.15, 0.2) is 36.4 Å². The van der Waals surface area contributed by atoms with Crippen LogP contribution in [0.2, 0.25) is 15.1 Å². The second kappa shape index (κ2) is 11.1. The lowest BCUT2D eigenvalue weighted by molar-refractivity contribution is -0.153. The van der Waals surface area contributed by atoms with E-state index in [0.29, 0.717) is 5.56 Å². The molecule has 2 rings (SSSR count). The van der Waals surface area contributed by atoms with Gasteiger partial charge < -0.3 is 10.1 Å². The van der Waals surface area contributed by atoms with Gasteiger partial charge in [0.2, 0.25) is 0 Å². The molecule has 0 heterocycles. The molecule has 0 aromatic heterocycles. The fourth-order valence-corrected chi connectivity index (χ4v) is 3.50. The van der Waals surface area contributed by atoms with Gasteiger partial charge in [-0.15, -0.1) is 0 Å². The van der Waals surface area contributed by atoms with E-state index in [9.17, 15) is 22.8 Å². The van der Waals surface area contributed by atoms with Crippen molar-refractivity contribution in [3.63, 3.8) is 0 Å². The summed E-state index contributed by atoms with van der Waals surface area (Å²) in [6.45, 7) is 4.71. The molecule has 0 bridgehead atoms. The number of ether oxygens (including phenoxy) is 1. The SMILES string of the molecule is [B]c1cc(C=CC(c2cc(Cl)c(Cl)c(Cl)c2)C(F)(F)F)ccc1C(=O)NCC(=O)OC(C)(C)C. The van der Waals surface area contributed by atoms with E-state index in [1.54, 1.807) is 20.8 Å². The lowest BCUT2D eigenvalue weighted by Crippen LogP contribution is -2.36. The highest BCUT2D eigenvalue weighted by Crippen LogP contribution is 2.41. The topological polar surface area (TPSA) is 55.4 Å². The summed E-state index contributed by atoms with van der Waals surface area (Å²) in [4.78, 5) is 24.1. The van der Waals surface area contributed by atoms with Gasteiger partial charge in [-0.25, -0.2) is 0 Å². The normalized spacial score (nSPS) is 13.1. The third kappa shape index (κ3) is 7.96. The van der Waals surface area contributed by atoms with Crippen molar-refractivity contribution < 1.29 is 27.5 Å². The average Bonchev–Trinajstić information content (AvgIpc) is 2.68. The molecular weight excluding hydrogens is 512 g/mol. The Labute approximate surface area is 211 Å². The molecule has 0 aliphatic heterocycles. The van der Waals surface area contributed by atoms with Crippen LogP contribution in [-0.4, -0.2) is 38.0 Å². The zero-order valence-corrected chi connectivity index (χ0v) is 20.7. The maximum absolute atomic E-state index is 13.7. The number of nitrogens with one attached hydrogen (secondary N) is 1. The number of hydrogen-bond donors (Lipinski definition) is 1. The van der Waals surface area contributed by atoms with Gasteiger partial charge in [0.05, 0.1) is 21.0 Å². The highest BCUT2D eigenvalue weighted by atomic mass is 35.5. The first kappa shape index (κ1) is 28.1. The Balaban J connectivity index is 2.20. The standard InChI is InChI=1S/C23H20BCl3F3NO3/c1-22(2,3)34-19(32)11-31-21(33)14-6-4-12(8-16(14)24)5-7-15(23(28,29)30)13-9-17(25)20(27)18(26)10-13/h4-10,15H,11H2,1-3H3,(H,31,33). The molecule has 4 nitrogen and oxygen atoms in total. The van der Waals surface area contributed by atoms with Crippen LogP contribution in [0.5, 0.6) is 0 Å². The summed E-state index contributed by atoms with van der Waals surface area (Å²) in [6.07, 6.45) is -2.50. The summed E-state index contributed by atoms with van der Waals surface area (Å²) in [5.74, 6) is -3.27. The van der Waals surface area contributed by atoms with Crippen LogP contribution in [0.25, 0.3) is 6.08 Å². The van der Waals surface area contributed by atoms with Crippen molar-refractivity contribution in [1.82, 2.24) is 5.32 Å². The Morgan fingerprint density at radius 2 is 1.68 bits per heavy atom. The minimum absolute atomic E-state index is 0.0185. The third-order valence-electron chi connectivity index (χ3n) is 4.33. The molecule has 2 aromatic carbocycles. The number of alkyl halides is 3.